The van der Waals surface area contributed by atoms with E-state index in [-0.39, 0.29) is 0 Å². The summed E-state index contributed by atoms with van der Waals surface area (Å²) in [5.74, 6) is 0.894. The predicted octanol–water partition coefficient (Wildman–Crippen LogP) is 2.12. The Bertz CT molecular complexity index is 313. The Morgan fingerprint density at radius 1 is 1.57 bits per heavy atom. The van der Waals surface area contributed by atoms with E-state index in [1.165, 1.54) is 6.33 Å². The van der Waals surface area contributed by atoms with Crippen LogP contribution in [0.2, 0.25) is 0 Å². The number of hydrogen-bond donors (Lipinski definition) is 1. The van der Waals surface area contributed by atoms with Gasteiger partial charge in [-0.05, 0) is 19.3 Å². The number of hydrogen-bond acceptors (Lipinski definition) is 4. The second kappa shape index (κ2) is 4.69. The third-order valence-corrected chi connectivity index (χ3v) is 2.14. The second-order valence-corrected chi connectivity index (χ2v) is 3.36. The number of aromatic nitrogens is 2. The molecule has 1 unspecified atom stereocenters. The van der Waals surface area contributed by atoms with Gasteiger partial charge < -0.3 is 5.73 Å². The third kappa shape index (κ3) is 2.52. The van der Waals surface area contributed by atoms with E-state index < -0.39 is 0 Å². The first kappa shape index (κ1) is 10.6. The molecular formula is C10H16N4. The molecule has 0 aliphatic rings. The Morgan fingerprint density at radius 3 is 2.86 bits per heavy atom. The van der Waals surface area contributed by atoms with Crippen LogP contribution in [0.4, 0.5) is 11.5 Å². The summed E-state index contributed by atoms with van der Waals surface area (Å²) < 4.78 is 0. The summed E-state index contributed by atoms with van der Waals surface area (Å²) in [7, 11) is 0. The number of nitrogens with two attached hydrogens (primary N) is 1. The lowest BCUT2D eigenvalue weighted by Gasteiger charge is -2.03. The number of nitrogens with zero attached hydrogens (tertiary/aromatic N) is 3. The standard InChI is InChI=1S/C10H16N4/c1-4-7(2)5-12-9-8(3)13-6-14-10(9)11/h5-7H,4H2,1-3H3,(H2,11,13,14). The smallest absolute Gasteiger partial charge is 0.153 e. The van der Waals surface area contributed by atoms with E-state index in [4.69, 9.17) is 5.73 Å². The minimum absolute atomic E-state index is 0.442. The zero-order chi connectivity index (χ0) is 10.6. The Morgan fingerprint density at radius 2 is 2.29 bits per heavy atom. The van der Waals surface area contributed by atoms with Crippen LogP contribution < -0.4 is 5.73 Å². The molecule has 2 N–H and O–H groups in total. The van der Waals surface area contributed by atoms with E-state index in [9.17, 15) is 0 Å². The summed E-state index contributed by atoms with van der Waals surface area (Å²) in [5, 5.41) is 0. The topological polar surface area (TPSA) is 64.2 Å². The van der Waals surface area contributed by atoms with Crippen LogP contribution in [0.25, 0.3) is 0 Å². The van der Waals surface area contributed by atoms with Gasteiger partial charge in [-0.15, -0.1) is 0 Å². The molecule has 1 aromatic heterocycles. The molecule has 0 saturated carbocycles. The summed E-state index contributed by atoms with van der Waals surface area (Å²) >= 11 is 0. The zero-order valence-electron chi connectivity index (χ0n) is 8.86. The average molecular weight is 192 g/mol. The molecule has 0 fully saturated rings. The first-order valence-corrected chi connectivity index (χ1v) is 4.76. The molecule has 0 saturated heterocycles. The minimum atomic E-state index is 0.442. The Labute approximate surface area is 84.3 Å². The van der Waals surface area contributed by atoms with Crippen LogP contribution >= 0.6 is 0 Å². The molecule has 1 atom stereocenters. The van der Waals surface area contributed by atoms with Crippen LogP contribution in [0.3, 0.4) is 0 Å². The number of aliphatic imine (C=N–C) groups is 1. The van der Waals surface area contributed by atoms with Crippen molar-refractivity contribution in [1.82, 2.24) is 9.97 Å². The monoisotopic (exact) mass is 192 g/mol. The second-order valence-electron chi connectivity index (χ2n) is 3.36. The third-order valence-electron chi connectivity index (χ3n) is 2.14. The van der Waals surface area contributed by atoms with Crippen LogP contribution in [0, 0.1) is 12.8 Å². The molecule has 1 heterocycles. The van der Waals surface area contributed by atoms with Gasteiger partial charge in [0.15, 0.2) is 5.82 Å². The van der Waals surface area contributed by atoms with E-state index >= 15 is 0 Å². The van der Waals surface area contributed by atoms with E-state index in [0.717, 1.165) is 12.1 Å². The van der Waals surface area contributed by atoms with Crippen LogP contribution in [-0.2, 0) is 0 Å². The van der Waals surface area contributed by atoms with Crippen LogP contribution in [0.5, 0.6) is 0 Å². The lowest BCUT2D eigenvalue weighted by atomic mass is 10.1. The highest BCUT2D eigenvalue weighted by molar-refractivity contribution is 5.71. The summed E-state index contributed by atoms with van der Waals surface area (Å²) in [6.45, 7) is 6.11. The number of nitrogen functional groups attached to an aromatic ring is 1. The van der Waals surface area contributed by atoms with E-state index in [2.05, 4.69) is 28.8 Å². The highest BCUT2D eigenvalue weighted by Gasteiger charge is 2.02. The SMILES string of the molecule is CCC(C)C=Nc1c(C)ncnc1N. The molecule has 0 aliphatic carbocycles. The van der Waals surface area contributed by atoms with Crippen molar-refractivity contribution in [2.24, 2.45) is 10.9 Å². The predicted molar refractivity (Wildman–Crippen MR) is 58.8 cm³/mol. The van der Waals surface area contributed by atoms with Gasteiger partial charge in [0, 0.05) is 6.21 Å². The van der Waals surface area contributed by atoms with Gasteiger partial charge in [-0.25, -0.2) is 9.97 Å². The maximum atomic E-state index is 5.68. The molecule has 0 radical (unpaired) electrons. The fourth-order valence-electron chi connectivity index (χ4n) is 0.952. The lowest BCUT2D eigenvalue weighted by Crippen LogP contribution is -1.97. The van der Waals surface area contributed by atoms with Gasteiger partial charge in [-0.1, -0.05) is 13.8 Å². The first-order valence-electron chi connectivity index (χ1n) is 4.76. The normalized spacial score (nSPS) is 13.4. The average Bonchev–Trinajstić information content (AvgIpc) is 2.16. The van der Waals surface area contributed by atoms with Gasteiger partial charge in [0.05, 0.1) is 5.69 Å². The molecule has 0 aliphatic heterocycles. The largest absolute Gasteiger partial charge is 0.382 e. The van der Waals surface area contributed by atoms with Crippen molar-refractivity contribution < 1.29 is 0 Å². The highest BCUT2D eigenvalue weighted by atomic mass is 15.0. The minimum Gasteiger partial charge on any atom is -0.382 e. The van der Waals surface area contributed by atoms with Crippen molar-refractivity contribution in [2.45, 2.75) is 27.2 Å². The van der Waals surface area contributed by atoms with Crippen molar-refractivity contribution in [2.75, 3.05) is 5.73 Å². The van der Waals surface area contributed by atoms with Crippen LogP contribution in [-0.4, -0.2) is 16.2 Å². The Hall–Kier alpha value is -1.45. The molecule has 0 spiro atoms. The quantitative estimate of drug-likeness (QED) is 0.746. The molecular weight excluding hydrogens is 176 g/mol. The van der Waals surface area contributed by atoms with Crippen molar-refractivity contribution in [3.63, 3.8) is 0 Å². The zero-order valence-corrected chi connectivity index (χ0v) is 8.86. The maximum absolute atomic E-state index is 5.68. The summed E-state index contributed by atoms with van der Waals surface area (Å²) in [6, 6.07) is 0. The lowest BCUT2D eigenvalue weighted by molar-refractivity contribution is 0.754. The summed E-state index contributed by atoms with van der Waals surface area (Å²) in [5.41, 5.74) is 7.19. The van der Waals surface area contributed by atoms with Gasteiger partial charge in [-0.2, -0.15) is 0 Å². The molecule has 4 heteroatoms. The van der Waals surface area contributed by atoms with Crippen molar-refractivity contribution in [3.05, 3.63) is 12.0 Å². The molecule has 1 aromatic rings. The molecule has 0 aromatic carbocycles. The fraction of sp³-hybridized carbons (Fsp3) is 0.500. The number of aryl methyl sites for hydroxylation is 1. The van der Waals surface area contributed by atoms with E-state index in [1.54, 1.807) is 0 Å². The molecule has 0 amide bonds. The van der Waals surface area contributed by atoms with E-state index in [0.29, 0.717) is 17.4 Å². The number of rotatable bonds is 3. The molecule has 1 rings (SSSR count). The van der Waals surface area contributed by atoms with Crippen molar-refractivity contribution >= 4 is 17.7 Å². The van der Waals surface area contributed by atoms with Gasteiger partial charge >= 0.3 is 0 Å². The van der Waals surface area contributed by atoms with Crippen LogP contribution in [0.1, 0.15) is 26.0 Å². The molecule has 76 valence electrons. The fourth-order valence-corrected chi connectivity index (χ4v) is 0.952. The first-order chi connectivity index (χ1) is 6.65. The summed E-state index contributed by atoms with van der Waals surface area (Å²) in [6.07, 6.45) is 4.41. The molecule has 0 bridgehead atoms. The van der Waals surface area contributed by atoms with Gasteiger partial charge in [0.1, 0.15) is 12.0 Å². The van der Waals surface area contributed by atoms with Gasteiger partial charge in [0.25, 0.3) is 0 Å². The summed E-state index contributed by atoms with van der Waals surface area (Å²) in [4.78, 5) is 12.2. The Balaban J connectivity index is 2.91. The maximum Gasteiger partial charge on any atom is 0.153 e. The van der Waals surface area contributed by atoms with Gasteiger partial charge in [0.2, 0.25) is 0 Å². The van der Waals surface area contributed by atoms with E-state index in [1.807, 2.05) is 13.1 Å². The van der Waals surface area contributed by atoms with Crippen LogP contribution in [0.15, 0.2) is 11.3 Å². The highest BCUT2D eigenvalue weighted by Crippen LogP contribution is 2.21. The molecule has 14 heavy (non-hydrogen) atoms. The molecule has 4 nitrogen and oxygen atoms in total. The number of anilines is 1. The van der Waals surface area contributed by atoms with Crippen molar-refractivity contribution in [3.8, 4) is 0 Å². The van der Waals surface area contributed by atoms with Gasteiger partial charge in [-0.3, -0.25) is 4.99 Å². The van der Waals surface area contributed by atoms with Crippen molar-refractivity contribution in [1.29, 1.82) is 0 Å². The Kier molecular flexibility index (Phi) is 3.56.